The summed E-state index contributed by atoms with van der Waals surface area (Å²) in [6, 6.07) is 12.5. The first kappa shape index (κ1) is 20.1. The lowest BCUT2D eigenvalue weighted by Gasteiger charge is -2.32. The van der Waals surface area contributed by atoms with E-state index in [0.29, 0.717) is 5.52 Å². The van der Waals surface area contributed by atoms with Gasteiger partial charge in [0.05, 0.1) is 10.4 Å². The van der Waals surface area contributed by atoms with Gasteiger partial charge in [0.1, 0.15) is 0 Å². The highest BCUT2D eigenvalue weighted by molar-refractivity contribution is 9.10. The van der Waals surface area contributed by atoms with Crippen LogP contribution in [0.25, 0.3) is 10.9 Å². The lowest BCUT2D eigenvalue weighted by atomic mass is 10.1. The molecule has 2 aromatic carbocycles. The molecule has 0 aliphatic carbocycles. The van der Waals surface area contributed by atoms with Crippen LogP contribution < -0.4 is 0 Å². The van der Waals surface area contributed by atoms with E-state index in [9.17, 15) is 8.42 Å². The highest BCUT2D eigenvalue weighted by Crippen LogP contribution is 2.30. The van der Waals surface area contributed by atoms with Crippen molar-refractivity contribution in [1.29, 1.82) is 0 Å². The van der Waals surface area contributed by atoms with Gasteiger partial charge in [-0.3, -0.25) is 4.90 Å². The topological polar surface area (TPSA) is 45.5 Å². The van der Waals surface area contributed by atoms with Gasteiger partial charge in [-0.1, -0.05) is 31.9 Å². The number of halogens is 2. The second-order valence-electron chi connectivity index (χ2n) is 7.15. The van der Waals surface area contributed by atoms with Crippen LogP contribution in [0.1, 0.15) is 5.56 Å². The first-order chi connectivity index (χ1) is 13.3. The molecule has 1 aliphatic heterocycles. The largest absolute Gasteiger partial charge is 0.304 e. The Morgan fingerprint density at radius 2 is 1.57 bits per heavy atom. The first-order valence-electron chi connectivity index (χ1n) is 9.06. The molecule has 1 aromatic heterocycles. The molecule has 0 saturated carbocycles. The van der Waals surface area contributed by atoms with E-state index < -0.39 is 10.0 Å². The van der Waals surface area contributed by atoms with Gasteiger partial charge < -0.3 is 4.90 Å². The van der Waals surface area contributed by atoms with Crippen LogP contribution in [-0.2, 0) is 16.6 Å². The number of piperazine rings is 1. The summed E-state index contributed by atoms with van der Waals surface area (Å²) in [5.74, 6) is 0. The van der Waals surface area contributed by atoms with E-state index in [4.69, 9.17) is 0 Å². The number of aromatic nitrogens is 1. The molecule has 3 aromatic rings. The van der Waals surface area contributed by atoms with E-state index in [2.05, 4.69) is 48.7 Å². The SMILES string of the molecule is CN1CCN(Cc2cn(S(=O)(=O)c3ccc(Br)cc3)c3ccc(Br)cc23)CC1. The maximum atomic E-state index is 13.3. The quantitative estimate of drug-likeness (QED) is 0.512. The minimum Gasteiger partial charge on any atom is -0.304 e. The molecule has 0 spiro atoms. The van der Waals surface area contributed by atoms with Crippen molar-refractivity contribution in [1.82, 2.24) is 13.8 Å². The van der Waals surface area contributed by atoms with Crippen molar-refractivity contribution < 1.29 is 8.42 Å². The van der Waals surface area contributed by atoms with E-state index in [1.165, 1.54) is 3.97 Å². The maximum Gasteiger partial charge on any atom is 0.268 e. The summed E-state index contributed by atoms with van der Waals surface area (Å²) in [7, 11) is -1.54. The smallest absolute Gasteiger partial charge is 0.268 e. The molecule has 0 unspecified atom stereocenters. The Bertz CT molecular complexity index is 1100. The number of fused-ring (bicyclic) bond motifs is 1. The van der Waals surface area contributed by atoms with Crippen LogP contribution in [0.4, 0.5) is 0 Å². The molecule has 5 nitrogen and oxygen atoms in total. The molecule has 1 aliphatic rings. The highest BCUT2D eigenvalue weighted by Gasteiger charge is 2.23. The molecular weight excluding hydrogens is 506 g/mol. The van der Waals surface area contributed by atoms with Gasteiger partial charge in [-0.15, -0.1) is 0 Å². The molecule has 2 heterocycles. The molecule has 0 bridgehead atoms. The average Bonchev–Trinajstić information content (AvgIpc) is 3.02. The second-order valence-corrected chi connectivity index (χ2v) is 10.8. The van der Waals surface area contributed by atoms with Crippen molar-refractivity contribution in [3.05, 3.63) is 63.2 Å². The maximum absolute atomic E-state index is 13.3. The second kappa shape index (κ2) is 7.91. The van der Waals surface area contributed by atoms with Gasteiger partial charge in [-0.25, -0.2) is 12.4 Å². The molecule has 0 atom stereocenters. The Hall–Kier alpha value is -1.19. The van der Waals surface area contributed by atoms with Crippen molar-refractivity contribution in [2.24, 2.45) is 0 Å². The Morgan fingerprint density at radius 1 is 0.929 bits per heavy atom. The lowest BCUT2D eigenvalue weighted by Crippen LogP contribution is -2.43. The number of nitrogens with zero attached hydrogens (tertiary/aromatic N) is 3. The zero-order chi connectivity index (χ0) is 19.9. The Balaban J connectivity index is 1.78. The van der Waals surface area contributed by atoms with Crippen molar-refractivity contribution in [2.45, 2.75) is 11.4 Å². The predicted molar refractivity (Wildman–Crippen MR) is 119 cm³/mol. The fourth-order valence-corrected chi connectivity index (χ4v) is 5.55. The first-order valence-corrected chi connectivity index (χ1v) is 12.1. The van der Waals surface area contributed by atoms with Gasteiger partial charge in [0, 0.05) is 53.3 Å². The van der Waals surface area contributed by atoms with E-state index >= 15 is 0 Å². The minimum absolute atomic E-state index is 0.279. The third-order valence-electron chi connectivity index (χ3n) is 5.18. The van der Waals surface area contributed by atoms with Gasteiger partial charge in [0.2, 0.25) is 0 Å². The molecule has 0 N–H and O–H groups in total. The number of hydrogen-bond donors (Lipinski definition) is 0. The predicted octanol–water partition coefficient (Wildman–Crippen LogP) is 4.15. The van der Waals surface area contributed by atoms with Crippen LogP contribution >= 0.6 is 31.9 Å². The van der Waals surface area contributed by atoms with Crippen LogP contribution in [-0.4, -0.2) is 55.4 Å². The van der Waals surface area contributed by atoms with Gasteiger partial charge in [-0.2, -0.15) is 0 Å². The van der Waals surface area contributed by atoms with Crippen molar-refractivity contribution in [2.75, 3.05) is 33.2 Å². The van der Waals surface area contributed by atoms with Gasteiger partial charge in [-0.05, 0) is 55.1 Å². The molecule has 1 fully saturated rings. The average molecular weight is 527 g/mol. The summed E-state index contributed by atoms with van der Waals surface area (Å²) in [4.78, 5) is 4.97. The van der Waals surface area contributed by atoms with E-state index in [0.717, 1.165) is 52.6 Å². The molecule has 148 valence electrons. The molecule has 0 radical (unpaired) electrons. The van der Waals surface area contributed by atoms with Crippen LogP contribution in [0.3, 0.4) is 0 Å². The molecule has 0 amide bonds. The monoisotopic (exact) mass is 525 g/mol. The molecule has 4 rings (SSSR count). The molecule has 1 saturated heterocycles. The summed E-state index contributed by atoms with van der Waals surface area (Å²) >= 11 is 6.89. The Kier molecular flexibility index (Phi) is 5.68. The van der Waals surface area contributed by atoms with Crippen molar-refractivity contribution >= 4 is 52.8 Å². The highest BCUT2D eigenvalue weighted by atomic mass is 79.9. The van der Waals surface area contributed by atoms with E-state index in [1.807, 2.05) is 18.2 Å². The third-order valence-corrected chi connectivity index (χ3v) is 7.89. The summed E-state index contributed by atoms with van der Waals surface area (Å²) in [6.45, 7) is 4.76. The lowest BCUT2D eigenvalue weighted by molar-refractivity contribution is 0.148. The number of hydrogen-bond acceptors (Lipinski definition) is 4. The third kappa shape index (κ3) is 3.93. The number of rotatable bonds is 4. The normalized spacial score (nSPS) is 16.7. The molecular formula is C20H21Br2N3O2S. The minimum atomic E-state index is -3.67. The summed E-state index contributed by atoms with van der Waals surface area (Å²) in [5, 5.41) is 0.967. The zero-order valence-corrected chi connectivity index (χ0v) is 19.5. The van der Waals surface area contributed by atoms with Crippen LogP contribution in [0.15, 0.2) is 62.5 Å². The molecule has 28 heavy (non-hydrogen) atoms. The summed E-state index contributed by atoms with van der Waals surface area (Å²) in [6.07, 6.45) is 1.78. The van der Waals surface area contributed by atoms with Gasteiger partial charge in [0.15, 0.2) is 0 Å². The number of benzene rings is 2. The van der Waals surface area contributed by atoms with Crippen LogP contribution in [0.5, 0.6) is 0 Å². The standard InChI is InChI=1S/C20H21Br2N3O2S/c1-23-8-10-24(11-9-23)13-15-14-25(20-7-4-17(22)12-19(15)20)28(26,27)18-5-2-16(21)3-6-18/h2-7,12,14H,8-11,13H2,1H3. The number of likely N-dealkylation sites (N-methyl/N-ethyl adjacent to an activating group) is 1. The van der Waals surface area contributed by atoms with Crippen molar-refractivity contribution in [3.8, 4) is 0 Å². The van der Waals surface area contributed by atoms with Crippen LogP contribution in [0.2, 0.25) is 0 Å². The van der Waals surface area contributed by atoms with E-state index in [-0.39, 0.29) is 4.90 Å². The fraction of sp³-hybridized carbons (Fsp3) is 0.300. The van der Waals surface area contributed by atoms with E-state index in [1.54, 1.807) is 30.5 Å². The Morgan fingerprint density at radius 3 is 2.25 bits per heavy atom. The summed E-state index contributed by atoms with van der Waals surface area (Å²) < 4.78 is 29.8. The van der Waals surface area contributed by atoms with Gasteiger partial charge >= 0.3 is 0 Å². The van der Waals surface area contributed by atoms with Gasteiger partial charge in [0.25, 0.3) is 10.0 Å². The molecule has 8 heteroatoms. The zero-order valence-electron chi connectivity index (χ0n) is 15.5. The fourth-order valence-electron chi connectivity index (χ4n) is 3.53. The van der Waals surface area contributed by atoms with Crippen molar-refractivity contribution in [3.63, 3.8) is 0 Å². The Labute approximate surface area is 182 Å². The summed E-state index contributed by atoms with van der Waals surface area (Å²) in [5.41, 5.74) is 1.73. The van der Waals surface area contributed by atoms with Crippen LogP contribution in [0, 0.1) is 0 Å².